The highest BCUT2D eigenvalue weighted by atomic mass is 16.1. The smallest absolute Gasteiger partial charge is 0.250 e. The Morgan fingerprint density at radius 3 is 2.79 bits per heavy atom. The van der Waals surface area contributed by atoms with Crippen molar-refractivity contribution in [2.75, 3.05) is 37.2 Å². The molecule has 1 aromatic rings. The summed E-state index contributed by atoms with van der Waals surface area (Å²) in [6.07, 6.45) is 5.37. The number of rotatable bonds is 5. The Morgan fingerprint density at radius 2 is 2.11 bits per heavy atom. The number of anilines is 2. The van der Waals surface area contributed by atoms with Crippen LogP contribution in [0.5, 0.6) is 0 Å². The van der Waals surface area contributed by atoms with Gasteiger partial charge in [-0.15, -0.1) is 0 Å². The van der Waals surface area contributed by atoms with E-state index < -0.39 is 5.91 Å². The van der Waals surface area contributed by atoms with E-state index in [9.17, 15) is 4.79 Å². The Kier molecular flexibility index (Phi) is 4.57. The van der Waals surface area contributed by atoms with Gasteiger partial charge in [0.2, 0.25) is 0 Å². The van der Waals surface area contributed by atoms with E-state index in [-0.39, 0.29) is 0 Å². The van der Waals surface area contributed by atoms with E-state index in [1.807, 2.05) is 0 Å². The molecule has 1 aliphatic heterocycles. The second-order valence-electron chi connectivity index (χ2n) is 4.85. The number of piperidine rings is 1. The van der Waals surface area contributed by atoms with Gasteiger partial charge in [-0.25, -0.2) is 4.98 Å². The largest absolute Gasteiger partial charge is 0.397 e. The normalized spacial score (nSPS) is 16.2. The number of likely N-dealkylation sites (tertiary alicyclic amines) is 1. The van der Waals surface area contributed by atoms with E-state index in [1.165, 1.54) is 38.5 Å². The lowest BCUT2D eigenvalue weighted by Gasteiger charge is -2.26. The zero-order valence-electron chi connectivity index (χ0n) is 11.1. The summed E-state index contributed by atoms with van der Waals surface area (Å²) in [6, 6.07) is 1.61. The van der Waals surface area contributed by atoms with Gasteiger partial charge >= 0.3 is 0 Å². The van der Waals surface area contributed by atoms with Crippen LogP contribution in [0, 0.1) is 0 Å². The fraction of sp³-hybridized carbons (Fsp3) is 0.538. The predicted octanol–water partition coefficient (Wildman–Crippen LogP) is 0.660. The molecule has 5 N–H and O–H groups in total. The average molecular weight is 263 g/mol. The van der Waals surface area contributed by atoms with Crippen molar-refractivity contribution in [3.05, 3.63) is 17.8 Å². The SMILES string of the molecule is NC(=O)c1cc(NCCN2CCCCC2)ncc1N. The fourth-order valence-electron chi connectivity index (χ4n) is 2.30. The first-order valence-corrected chi connectivity index (χ1v) is 6.68. The van der Waals surface area contributed by atoms with Crippen LogP contribution in [0.25, 0.3) is 0 Å². The minimum atomic E-state index is -0.529. The quantitative estimate of drug-likeness (QED) is 0.725. The van der Waals surface area contributed by atoms with Crippen molar-refractivity contribution in [3.8, 4) is 0 Å². The van der Waals surface area contributed by atoms with E-state index in [0.717, 1.165) is 13.1 Å². The van der Waals surface area contributed by atoms with Crippen molar-refractivity contribution in [3.63, 3.8) is 0 Å². The van der Waals surface area contributed by atoms with Crippen LogP contribution in [0.1, 0.15) is 29.6 Å². The maximum atomic E-state index is 11.2. The molecular weight excluding hydrogens is 242 g/mol. The molecule has 0 unspecified atom stereocenters. The van der Waals surface area contributed by atoms with Gasteiger partial charge in [-0.1, -0.05) is 6.42 Å². The molecule has 2 rings (SSSR count). The highest BCUT2D eigenvalue weighted by Gasteiger charge is 2.10. The first-order valence-electron chi connectivity index (χ1n) is 6.68. The number of aromatic nitrogens is 1. The molecule has 0 spiro atoms. The molecular formula is C13H21N5O. The molecule has 0 bridgehead atoms. The number of nitrogens with two attached hydrogens (primary N) is 2. The number of nitrogens with zero attached hydrogens (tertiary/aromatic N) is 2. The molecule has 0 atom stereocenters. The third kappa shape index (κ3) is 3.82. The zero-order valence-corrected chi connectivity index (χ0v) is 11.1. The van der Waals surface area contributed by atoms with Gasteiger partial charge in [-0.3, -0.25) is 4.79 Å². The molecule has 1 amide bonds. The number of nitrogens with one attached hydrogen (secondary N) is 1. The molecule has 0 aromatic carbocycles. The predicted molar refractivity (Wildman–Crippen MR) is 75.9 cm³/mol. The van der Waals surface area contributed by atoms with Crippen molar-refractivity contribution >= 4 is 17.4 Å². The van der Waals surface area contributed by atoms with Crippen molar-refractivity contribution in [1.29, 1.82) is 0 Å². The third-order valence-corrected chi connectivity index (χ3v) is 3.38. The van der Waals surface area contributed by atoms with Crippen molar-refractivity contribution in [2.24, 2.45) is 5.73 Å². The average Bonchev–Trinajstić information content (AvgIpc) is 2.41. The Morgan fingerprint density at radius 1 is 1.37 bits per heavy atom. The van der Waals surface area contributed by atoms with Crippen LogP contribution in [0.2, 0.25) is 0 Å². The van der Waals surface area contributed by atoms with E-state index in [4.69, 9.17) is 11.5 Å². The summed E-state index contributed by atoms with van der Waals surface area (Å²) in [5.41, 5.74) is 11.5. The van der Waals surface area contributed by atoms with Gasteiger partial charge in [0.1, 0.15) is 5.82 Å². The first kappa shape index (κ1) is 13.6. The van der Waals surface area contributed by atoms with Crippen LogP contribution in [0.15, 0.2) is 12.3 Å². The third-order valence-electron chi connectivity index (χ3n) is 3.38. The van der Waals surface area contributed by atoms with E-state index in [2.05, 4.69) is 15.2 Å². The van der Waals surface area contributed by atoms with Gasteiger partial charge in [-0.05, 0) is 32.0 Å². The maximum absolute atomic E-state index is 11.2. The molecule has 1 saturated heterocycles. The summed E-state index contributed by atoms with van der Waals surface area (Å²) in [5.74, 6) is 0.110. The molecule has 0 saturated carbocycles. The van der Waals surface area contributed by atoms with Crippen molar-refractivity contribution < 1.29 is 4.79 Å². The summed E-state index contributed by atoms with van der Waals surface area (Å²) >= 11 is 0. The van der Waals surface area contributed by atoms with Crippen molar-refractivity contribution in [2.45, 2.75) is 19.3 Å². The Balaban J connectivity index is 1.85. The van der Waals surface area contributed by atoms with E-state index in [1.54, 1.807) is 6.07 Å². The number of pyridine rings is 1. The second-order valence-corrected chi connectivity index (χ2v) is 4.85. The molecule has 1 aliphatic rings. The summed E-state index contributed by atoms with van der Waals surface area (Å²) in [6.45, 7) is 4.12. The van der Waals surface area contributed by atoms with Gasteiger partial charge in [0.15, 0.2) is 0 Å². The second kappa shape index (κ2) is 6.38. The van der Waals surface area contributed by atoms with E-state index >= 15 is 0 Å². The maximum Gasteiger partial charge on any atom is 0.250 e. The first-order chi connectivity index (χ1) is 9.16. The van der Waals surface area contributed by atoms with Crippen LogP contribution >= 0.6 is 0 Å². The number of carbonyl (C=O) groups excluding carboxylic acids is 1. The van der Waals surface area contributed by atoms with Gasteiger partial charge < -0.3 is 21.7 Å². The number of carbonyl (C=O) groups is 1. The Labute approximate surface area is 113 Å². The van der Waals surface area contributed by atoms with Gasteiger partial charge in [0.05, 0.1) is 17.4 Å². The number of amides is 1. The van der Waals surface area contributed by atoms with Crippen molar-refractivity contribution in [1.82, 2.24) is 9.88 Å². The number of primary amides is 1. The molecule has 6 heteroatoms. The molecule has 19 heavy (non-hydrogen) atoms. The topological polar surface area (TPSA) is 97.3 Å². The molecule has 1 fully saturated rings. The minimum absolute atomic E-state index is 0.314. The van der Waals surface area contributed by atoms with Gasteiger partial charge in [-0.2, -0.15) is 0 Å². The number of nitrogen functional groups attached to an aromatic ring is 1. The Bertz CT molecular complexity index is 443. The Hall–Kier alpha value is -1.82. The highest BCUT2D eigenvalue weighted by molar-refractivity contribution is 5.98. The number of hydrogen-bond donors (Lipinski definition) is 3. The molecule has 6 nitrogen and oxygen atoms in total. The highest BCUT2D eigenvalue weighted by Crippen LogP contribution is 2.14. The zero-order chi connectivity index (χ0) is 13.7. The fourth-order valence-corrected chi connectivity index (χ4v) is 2.30. The lowest BCUT2D eigenvalue weighted by atomic mass is 10.1. The van der Waals surface area contributed by atoms with Gasteiger partial charge in [0.25, 0.3) is 5.91 Å². The minimum Gasteiger partial charge on any atom is -0.397 e. The summed E-state index contributed by atoms with van der Waals surface area (Å²) in [5, 5.41) is 3.20. The van der Waals surface area contributed by atoms with Crippen LogP contribution in [-0.4, -0.2) is 42.0 Å². The molecule has 2 heterocycles. The van der Waals surface area contributed by atoms with Crippen LogP contribution < -0.4 is 16.8 Å². The molecule has 0 radical (unpaired) electrons. The monoisotopic (exact) mass is 263 g/mol. The van der Waals surface area contributed by atoms with Crippen LogP contribution in [-0.2, 0) is 0 Å². The standard InChI is InChI=1S/C13H21N5O/c14-11-9-17-12(8-10(11)13(15)19)16-4-7-18-5-2-1-3-6-18/h8-9H,1-7,14H2,(H2,15,19)(H,16,17). The summed E-state index contributed by atoms with van der Waals surface area (Å²) < 4.78 is 0. The van der Waals surface area contributed by atoms with Crippen LogP contribution in [0.3, 0.4) is 0 Å². The summed E-state index contributed by atoms with van der Waals surface area (Å²) in [7, 11) is 0. The lowest BCUT2D eigenvalue weighted by Crippen LogP contribution is -2.33. The van der Waals surface area contributed by atoms with E-state index in [0.29, 0.717) is 17.1 Å². The number of hydrogen-bond acceptors (Lipinski definition) is 5. The molecule has 1 aromatic heterocycles. The molecule has 104 valence electrons. The van der Waals surface area contributed by atoms with Gasteiger partial charge in [0, 0.05) is 13.1 Å². The summed E-state index contributed by atoms with van der Waals surface area (Å²) in [4.78, 5) is 17.7. The van der Waals surface area contributed by atoms with Crippen LogP contribution in [0.4, 0.5) is 11.5 Å². The lowest BCUT2D eigenvalue weighted by molar-refractivity contribution is 0.100. The molecule has 0 aliphatic carbocycles.